The van der Waals surface area contributed by atoms with Crippen LogP contribution in [0, 0.1) is 6.92 Å². The predicted molar refractivity (Wildman–Crippen MR) is 89.8 cm³/mol. The lowest BCUT2D eigenvalue weighted by Gasteiger charge is -2.34. The number of piperidine rings is 1. The van der Waals surface area contributed by atoms with Crippen molar-refractivity contribution in [1.29, 1.82) is 0 Å². The summed E-state index contributed by atoms with van der Waals surface area (Å²) in [7, 11) is 0. The number of nitrogens with zero attached hydrogens (tertiary/aromatic N) is 4. The Kier molecular flexibility index (Phi) is 4.35. The number of thiazole rings is 1. The predicted octanol–water partition coefficient (Wildman–Crippen LogP) is 3.40. The molecule has 2 fully saturated rings. The Morgan fingerprint density at radius 3 is 2.96 bits per heavy atom. The third kappa shape index (κ3) is 3.36. The summed E-state index contributed by atoms with van der Waals surface area (Å²) in [6.07, 6.45) is 6.48. The lowest BCUT2D eigenvalue weighted by Crippen LogP contribution is -2.38. The van der Waals surface area contributed by atoms with Gasteiger partial charge in [-0.2, -0.15) is 4.98 Å². The molecule has 128 valence electrons. The lowest BCUT2D eigenvalue weighted by molar-refractivity contribution is -0.135. The molecule has 1 saturated heterocycles. The van der Waals surface area contributed by atoms with E-state index in [0.717, 1.165) is 55.2 Å². The largest absolute Gasteiger partial charge is 0.339 e. The highest BCUT2D eigenvalue weighted by atomic mass is 32.1. The minimum Gasteiger partial charge on any atom is -0.339 e. The Morgan fingerprint density at radius 2 is 2.21 bits per heavy atom. The van der Waals surface area contributed by atoms with E-state index in [1.54, 1.807) is 11.3 Å². The van der Waals surface area contributed by atoms with E-state index in [0.29, 0.717) is 24.7 Å². The van der Waals surface area contributed by atoms with Gasteiger partial charge < -0.3 is 9.42 Å². The molecular formula is C17H22N4O2S. The Bertz CT molecular complexity index is 722. The van der Waals surface area contributed by atoms with Crippen LogP contribution in [-0.4, -0.2) is 32.5 Å². The summed E-state index contributed by atoms with van der Waals surface area (Å²) in [5.74, 6) is 2.05. The summed E-state index contributed by atoms with van der Waals surface area (Å²) in [5, 5.41) is 7.14. The van der Waals surface area contributed by atoms with Crippen LogP contribution in [0.25, 0.3) is 0 Å². The molecule has 0 unspecified atom stereocenters. The van der Waals surface area contributed by atoms with Gasteiger partial charge in [-0.1, -0.05) is 5.16 Å². The van der Waals surface area contributed by atoms with Gasteiger partial charge >= 0.3 is 0 Å². The molecule has 0 radical (unpaired) electrons. The van der Waals surface area contributed by atoms with Gasteiger partial charge in [0, 0.05) is 36.4 Å². The molecule has 24 heavy (non-hydrogen) atoms. The van der Waals surface area contributed by atoms with Crippen LogP contribution in [0.5, 0.6) is 0 Å². The highest BCUT2D eigenvalue weighted by Gasteiger charge is 2.31. The second-order valence-corrected chi connectivity index (χ2v) is 7.64. The normalized spacial score (nSPS) is 21.2. The molecule has 0 N–H and O–H groups in total. The van der Waals surface area contributed by atoms with Crippen LogP contribution in [0.4, 0.5) is 0 Å². The molecule has 6 nitrogen and oxygen atoms in total. The van der Waals surface area contributed by atoms with Crippen molar-refractivity contribution in [3.8, 4) is 0 Å². The number of hydrogen-bond donors (Lipinski definition) is 0. The smallest absolute Gasteiger partial charge is 0.227 e. The lowest BCUT2D eigenvalue weighted by atomic mass is 10.0. The number of rotatable bonds is 5. The van der Waals surface area contributed by atoms with E-state index >= 15 is 0 Å². The Balaban J connectivity index is 1.39. The maximum atomic E-state index is 12.7. The Labute approximate surface area is 145 Å². The van der Waals surface area contributed by atoms with Crippen molar-refractivity contribution in [2.75, 3.05) is 6.54 Å². The zero-order valence-corrected chi connectivity index (χ0v) is 14.7. The number of carbonyl (C=O) groups is 1. The highest BCUT2D eigenvalue weighted by molar-refractivity contribution is 7.09. The fourth-order valence-corrected chi connectivity index (χ4v) is 4.19. The van der Waals surface area contributed by atoms with E-state index in [2.05, 4.69) is 20.5 Å². The number of amides is 1. The third-order valence-electron chi connectivity index (χ3n) is 4.72. The van der Waals surface area contributed by atoms with Crippen LogP contribution in [-0.2, 0) is 11.2 Å². The topological polar surface area (TPSA) is 72.1 Å². The van der Waals surface area contributed by atoms with E-state index in [4.69, 9.17) is 4.52 Å². The van der Waals surface area contributed by atoms with Gasteiger partial charge in [-0.05, 0) is 39.0 Å². The standard InChI is InChI=1S/C17H22N4O2S/c1-11-10-24-17(18-11)13-4-2-3-9-21(13)15(22)8-7-14-19-16(20-23-14)12-5-6-12/h10,12-13H,2-9H2,1H3/t13-/m0/s1. The van der Waals surface area contributed by atoms with E-state index in [-0.39, 0.29) is 11.9 Å². The zero-order valence-electron chi connectivity index (χ0n) is 13.9. The van der Waals surface area contributed by atoms with Gasteiger partial charge in [-0.25, -0.2) is 4.98 Å². The molecule has 4 rings (SSSR count). The molecule has 1 aliphatic carbocycles. The maximum Gasteiger partial charge on any atom is 0.227 e. The van der Waals surface area contributed by atoms with Gasteiger partial charge in [0.25, 0.3) is 0 Å². The Hall–Kier alpha value is -1.76. The number of aromatic nitrogens is 3. The summed E-state index contributed by atoms with van der Waals surface area (Å²) in [5.41, 5.74) is 1.03. The zero-order chi connectivity index (χ0) is 16.5. The molecule has 1 aliphatic heterocycles. The van der Waals surface area contributed by atoms with Crippen LogP contribution >= 0.6 is 11.3 Å². The quantitative estimate of drug-likeness (QED) is 0.830. The summed E-state index contributed by atoms with van der Waals surface area (Å²) < 4.78 is 5.28. The third-order valence-corrected chi connectivity index (χ3v) is 5.79. The fraction of sp³-hybridized carbons (Fsp3) is 0.647. The van der Waals surface area contributed by atoms with Crippen molar-refractivity contribution in [2.45, 2.75) is 63.8 Å². The van der Waals surface area contributed by atoms with E-state index in [1.165, 1.54) is 0 Å². The van der Waals surface area contributed by atoms with Gasteiger partial charge in [0.1, 0.15) is 5.01 Å². The average molecular weight is 346 g/mol. The first-order valence-corrected chi connectivity index (χ1v) is 9.62. The monoisotopic (exact) mass is 346 g/mol. The first kappa shape index (κ1) is 15.7. The molecule has 3 heterocycles. The summed E-state index contributed by atoms with van der Waals surface area (Å²) in [6.45, 7) is 2.82. The molecule has 0 bridgehead atoms. The second-order valence-electron chi connectivity index (χ2n) is 6.75. The van der Waals surface area contributed by atoms with E-state index < -0.39 is 0 Å². The number of hydrogen-bond acceptors (Lipinski definition) is 6. The van der Waals surface area contributed by atoms with Crippen LogP contribution in [0.2, 0.25) is 0 Å². The van der Waals surface area contributed by atoms with Crippen LogP contribution in [0.1, 0.15) is 72.9 Å². The van der Waals surface area contributed by atoms with Crippen LogP contribution in [0.15, 0.2) is 9.90 Å². The van der Waals surface area contributed by atoms with Crippen molar-refractivity contribution in [3.63, 3.8) is 0 Å². The molecular weight excluding hydrogens is 324 g/mol. The SMILES string of the molecule is Cc1csc([C@@H]2CCCCN2C(=O)CCc2nc(C3CC3)no2)n1. The molecule has 0 aromatic carbocycles. The van der Waals surface area contributed by atoms with Crippen molar-refractivity contribution < 1.29 is 9.32 Å². The van der Waals surface area contributed by atoms with Gasteiger partial charge in [-0.3, -0.25) is 4.79 Å². The van der Waals surface area contributed by atoms with E-state index in [1.807, 2.05) is 11.8 Å². The van der Waals surface area contributed by atoms with Crippen LogP contribution < -0.4 is 0 Å². The molecule has 1 amide bonds. The average Bonchev–Trinajstić information content (AvgIpc) is 3.18. The van der Waals surface area contributed by atoms with Gasteiger partial charge in [0.2, 0.25) is 11.8 Å². The molecule has 1 saturated carbocycles. The van der Waals surface area contributed by atoms with Crippen LogP contribution in [0.3, 0.4) is 0 Å². The summed E-state index contributed by atoms with van der Waals surface area (Å²) in [4.78, 5) is 23.7. The minimum absolute atomic E-state index is 0.134. The van der Waals surface area contributed by atoms with Gasteiger partial charge in [-0.15, -0.1) is 11.3 Å². The maximum absolute atomic E-state index is 12.7. The number of aryl methyl sites for hydroxylation is 2. The minimum atomic E-state index is 0.134. The Morgan fingerprint density at radius 1 is 1.33 bits per heavy atom. The summed E-state index contributed by atoms with van der Waals surface area (Å²) >= 11 is 1.66. The first-order valence-electron chi connectivity index (χ1n) is 8.74. The van der Waals surface area contributed by atoms with Crippen molar-refractivity contribution >= 4 is 17.2 Å². The molecule has 2 aromatic rings. The number of carbonyl (C=O) groups excluding carboxylic acids is 1. The number of likely N-dealkylation sites (tertiary alicyclic amines) is 1. The van der Waals surface area contributed by atoms with Crippen molar-refractivity contribution in [2.24, 2.45) is 0 Å². The van der Waals surface area contributed by atoms with Crippen molar-refractivity contribution in [3.05, 3.63) is 27.8 Å². The van der Waals surface area contributed by atoms with E-state index in [9.17, 15) is 4.79 Å². The first-order chi connectivity index (χ1) is 11.7. The molecule has 1 atom stereocenters. The second kappa shape index (κ2) is 6.63. The fourth-order valence-electron chi connectivity index (χ4n) is 3.25. The van der Waals surface area contributed by atoms with Crippen molar-refractivity contribution in [1.82, 2.24) is 20.0 Å². The molecule has 2 aliphatic rings. The van der Waals surface area contributed by atoms with Gasteiger partial charge in [0.05, 0.1) is 6.04 Å². The molecule has 0 spiro atoms. The summed E-state index contributed by atoms with van der Waals surface area (Å²) in [6, 6.07) is 0.134. The molecule has 2 aromatic heterocycles. The molecule has 7 heteroatoms. The highest BCUT2D eigenvalue weighted by Crippen LogP contribution is 2.38. The van der Waals surface area contributed by atoms with Gasteiger partial charge in [0.15, 0.2) is 5.82 Å².